The third-order valence-corrected chi connectivity index (χ3v) is 6.30. The number of aromatic amines is 1. The summed E-state index contributed by atoms with van der Waals surface area (Å²) in [4.78, 5) is 23.6. The summed E-state index contributed by atoms with van der Waals surface area (Å²) in [5, 5.41) is 18.9. The van der Waals surface area contributed by atoms with Gasteiger partial charge in [0.15, 0.2) is 11.6 Å². The summed E-state index contributed by atoms with van der Waals surface area (Å²) in [6.07, 6.45) is 7.59. The van der Waals surface area contributed by atoms with Crippen LogP contribution in [0.3, 0.4) is 0 Å². The maximum absolute atomic E-state index is 12.3. The second kappa shape index (κ2) is 7.30. The third kappa shape index (κ3) is 3.48. The van der Waals surface area contributed by atoms with Crippen molar-refractivity contribution in [2.24, 2.45) is 0 Å². The Morgan fingerprint density at radius 1 is 1.29 bits per heavy atom. The van der Waals surface area contributed by atoms with Gasteiger partial charge in [-0.1, -0.05) is 0 Å². The van der Waals surface area contributed by atoms with Crippen LogP contribution in [0.25, 0.3) is 5.52 Å². The minimum atomic E-state index is -0.142. The fourth-order valence-electron chi connectivity index (χ4n) is 3.84. The van der Waals surface area contributed by atoms with Gasteiger partial charge >= 0.3 is 0 Å². The zero-order valence-electron chi connectivity index (χ0n) is 16.5. The van der Waals surface area contributed by atoms with Crippen LogP contribution in [0, 0.1) is 0 Å². The summed E-state index contributed by atoms with van der Waals surface area (Å²) < 4.78 is 5.95. The number of nitrogens with zero attached hydrogens (tertiary/aromatic N) is 7. The van der Waals surface area contributed by atoms with Gasteiger partial charge in [0, 0.05) is 24.8 Å². The van der Waals surface area contributed by atoms with E-state index in [2.05, 4.69) is 35.1 Å². The van der Waals surface area contributed by atoms with E-state index < -0.39 is 0 Å². The first-order valence-electron chi connectivity index (χ1n) is 10.3. The van der Waals surface area contributed by atoms with E-state index in [-0.39, 0.29) is 11.9 Å². The van der Waals surface area contributed by atoms with Gasteiger partial charge in [-0.3, -0.25) is 9.89 Å². The van der Waals surface area contributed by atoms with Crippen LogP contribution in [-0.4, -0.2) is 52.6 Å². The summed E-state index contributed by atoms with van der Waals surface area (Å²) in [5.74, 6) is 1.62. The smallest absolute Gasteiger partial charge is 0.269 e. The first-order chi connectivity index (χ1) is 15.2. The molecular weight excluding hydrogens is 416 g/mol. The Labute approximate surface area is 181 Å². The SMILES string of the molecule is O=C(NC1CC1)c1cc(Nc2nc(N3CCC[C@H]3c3ncns3)nn3cccc23)n[nH]1. The number of hydrogen-bond acceptors (Lipinski definition) is 9. The van der Waals surface area contributed by atoms with Gasteiger partial charge < -0.3 is 15.5 Å². The lowest BCUT2D eigenvalue weighted by Gasteiger charge is -2.23. The van der Waals surface area contributed by atoms with Crippen molar-refractivity contribution in [2.45, 2.75) is 37.8 Å². The van der Waals surface area contributed by atoms with Gasteiger partial charge in [-0.25, -0.2) is 9.50 Å². The van der Waals surface area contributed by atoms with Crippen LogP contribution < -0.4 is 15.5 Å². The van der Waals surface area contributed by atoms with Gasteiger partial charge in [0.2, 0.25) is 5.95 Å². The number of anilines is 3. The standard InChI is InChI=1S/C19H20N10OS/c30-17(22-11-5-6-11)12-9-15(26-25-12)23-16-13-3-2-8-29(13)27-19(24-16)28-7-1-4-14(28)18-20-10-21-31-18/h2-3,8-11,14H,1,4-7H2,(H,22,30)(H2,23,24,25,26,27)/t14-/m0/s1. The molecule has 0 aromatic carbocycles. The molecule has 158 valence electrons. The number of carbonyl (C=O) groups excluding carboxylic acids is 1. The highest BCUT2D eigenvalue weighted by molar-refractivity contribution is 7.05. The molecule has 3 N–H and O–H groups in total. The molecule has 11 nitrogen and oxygen atoms in total. The number of amides is 1. The van der Waals surface area contributed by atoms with E-state index in [1.54, 1.807) is 16.9 Å². The lowest BCUT2D eigenvalue weighted by atomic mass is 10.2. The van der Waals surface area contributed by atoms with Crippen molar-refractivity contribution in [3.63, 3.8) is 0 Å². The molecule has 1 aliphatic carbocycles. The number of hydrogen-bond donors (Lipinski definition) is 3. The molecule has 31 heavy (non-hydrogen) atoms. The van der Waals surface area contributed by atoms with Crippen LogP contribution in [0.1, 0.15) is 47.2 Å². The van der Waals surface area contributed by atoms with E-state index in [0.717, 1.165) is 42.8 Å². The van der Waals surface area contributed by atoms with Crippen molar-refractivity contribution in [3.05, 3.63) is 41.4 Å². The van der Waals surface area contributed by atoms with Gasteiger partial charge in [-0.2, -0.15) is 14.5 Å². The van der Waals surface area contributed by atoms with Gasteiger partial charge in [-0.15, -0.1) is 5.10 Å². The van der Waals surface area contributed by atoms with E-state index >= 15 is 0 Å². The van der Waals surface area contributed by atoms with Crippen LogP contribution in [0.4, 0.5) is 17.6 Å². The fourth-order valence-corrected chi connectivity index (χ4v) is 4.51. The molecule has 1 saturated heterocycles. The average molecular weight is 437 g/mol. The summed E-state index contributed by atoms with van der Waals surface area (Å²) in [5.41, 5.74) is 1.24. The number of nitrogens with one attached hydrogen (secondary N) is 3. The number of carbonyl (C=O) groups is 1. The van der Waals surface area contributed by atoms with Gasteiger partial charge in [0.05, 0.1) is 6.04 Å². The number of aromatic nitrogens is 7. The molecule has 1 atom stereocenters. The maximum Gasteiger partial charge on any atom is 0.269 e. The van der Waals surface area contributed by atoms with E-state index in [4.69, 9.17) is 10.1 Å². The van der Waals surface area contributed by atoms with E-state index in [1.807, 2.05) is 18.3 Å². The largest absolute Gasteiger partial charge is 0.348 e. The Morgan fingerprint density at radius 2 is 2.23 bits per heavy atom. The summed E-state index contributed by atoms with van der Waals surface area (Å²) >= 11 is 1.41. The quantitative estimate of drug-likeness (QED) is 0.420. The van der Waals surface area contributed by atoms with Crippen molar-refractivity contribution < 1.29 is 4.79 Å². The Kier molecular flexibility index (Phi) is 4.30. The predicted octanol–water partition coefficient (Wildman–Crippen LogP) is 2.28. The highest BCUT2D eigenvalue weighted by atomic mass is 32.1. The predicted molar refractivity (Wildman–Crippen MR) is 115 cm³/mol. The minimum absolute atomic E-state index is 0.122. The zero-order chi connectivity index (χ0) is 20.8. The molecule has 0 bridgehead atoms. The molecule has 4 aromatic heterocycles. The molecule has 0 radical (unpaired) electrons. The summed E-state index contributed by atoms with van der Waals surface area (Å²) in [7, 11) is 0. The van der Waals surface area contributed by atoms with Gasteiger partial charge in [-0.05, 0) is 49.3 Å². The van der Waals surface area contributed by atoms with Crippen LogP contribution >= 0.6 is 11.5 Å². The Morgan fingerprint density at radius 3 is 3.06 bits per heavy atom. The third-order valence-electron chi connectivity index (χ3n) is 5.53. The van der Waals surface area contributed by atoms with Crippen molar-refractivity contribution in [3.8, 4) is 0 Å². The molecule has 4 aromatic rings. The van der Waals surface area contributed by atoms with Crippen LogP contribution in [0.15, 0.2) is 30.7 Å². The van der Waals surface area contributed by atoms with Crippen molar-refractivity contribution in [1.82, 2.24) is 39.5 Å². The summed E-state index contributed by atoms with van der Waals surface area (Å²) in [6, 6.07) is 5.96. The second-order valence-electron chi connectivity index (χ2n) is 7.77. The molecule has 2 aliphatic rings. The molecule has 2 fully saturated rings. The van der Waals surface area contributed by atoms with E-state index in [0.29, 0.717) is 29.3 Å². The molecule has 0 unspecified atom stereocenters. The topological polar surface area (TPSA) is 129 Å². The van der Waals surface area contributed by atoms with Crippen LogP contribution in [0.5, 0.6) is 0 Å². The highest BCUT2D eigenvalue weighted by Gasteiger charge is 2.31. The average Bonchev–Trinajstić information content (AvgIpc) is 3.31. The van der Waals surface area contributed by atoms with Gasteiger partial charge in [0.25, 0.3) is 5.91 Å². The first-order valence-corrected chi connectivity index (χ1v) is 11.0. The molecule has 5 heterocycles. The number of rotatable bonds is 6. The van der Waals surface area contributed by atoms with E-state index in [9.17, 15) is 4.79 Å². The minimum Gasteiger partial charge on any atom is -0.348 e. The molecular formula is C19H20N10OS. The monoisotopic (exact) mass is 436 g/mol. The molecule has 1 saturated carbocycles. The van der Waals surface area contributed by atoms with Crippen molar-refractivity contribution >= 4 is 40.5 Å². The van der Waals surface area contributed by atoms with E-state index in [1.165, 1.54) is 11.5 Å². The lowest BCUT2D eigenvalue weighted by Crippen LogP contribution is -2.25. The van der Waals surface area contributed by atoms with Crippen LogP contribution in [-0.2, 0) is 0 Å². The lowest BCUT2D eigenvalue weighted by molar-refractivity contribution is 0.0946. The molecule has 6 rings (SSSR count). The second-order valence-corrected chi connectivity index (χ2v) is 8.58. The molecule has 1 aliphatic heterocycles. The normalized spacial score (nSPS) is 18.6. The fraction of sp³-hybridized carbons (Fsp3) is 0.368. The first kappa shape index (κ1) is 18.2. The Balaban J connectivity index is 1.30. The Hall–Kier alpha value is -3.54. The Bertz CT molecular complexity index is 1230. The maximum atomic E-state index is 12.3. The van der Waals surface area contributed by atoms with Gasteiger partial charge in [0.1, 0.15) is 22.5 Å². The van der Waals surface area contributed by atoms with Crippen LogP contribution in [0.2, 0.25) is 0 Å². The summed E-state index contributed by atoms with van der Waals surface area (Å²) in [6.45, 7) is 0.852. The number of H-pyrrole nitrogens is 1. The molecule has 0 spiro atoms. The number of fused-ring (bicyclic) bond motifs is 1. The van der Waals surface area contributed by atoms with Crippen molar-refractivity contribution in [1.29, 1.82) is 0 Å². The highest BCUT2D eigenvalue weighted by Crippen LogP contribution is 2.35. The molecule has 1 amide bonds. The molecule has 12 heteroatoms. The van der Waals surface area contributed by atoms with Crippen molar-refractivity contribution in [2.75, 3.05) is 16.8 Å². The zero-order valence-corrected chi connectivity index (χ0v) is 17.3.